The summed E-state index contributed by atoms with van der Waals surface area (Å²) in [7, 11) is 0. The van der Waals surface area contributed by atoms with Crippen LogP contribution in [0.1, 0.15) is 26.5 Å². The van der Waals surface area contributed by atoms with Gasteiger partial charge in [0.05, 0.1) is 11.8 Å². The number of primary amides is 2. The van der Waals surface area contributed by atoms with E-state index in [0.717, 1.165) is 0 Å². The van der Waals surface area contributed by atoms with Crippen molar-refractivity contribution >= 4 is 11.8 Å². The standard InChI is InChI=1S/C8H10N2O4/c9-7(12)5-4(1-2-11)3-14-6(5)8(10)13/h3,11H,1-2H2,(H2,9,12)(H2,10,13). The van der Waals surface area contributed by atoms with E-state index in [1.165, 1.54) is 6.26 Å². The van der Waals surface area contributed by atoms with Gasteiger partial charge in [-0.15, -0.1) is 0 Å². The van der Waals surface area contributed by atoms with E-state index in [4.69, 9.17) is 21.0 Å². The van der Waals surface area contributed by atoms with Gasteiger partial charge in [0.25, 0.3) is 11.8 Å². The summed E-state index contributed by atoms with van der Waals surface area (Å²) in [5.41, 5.74) is 10.3. The van der Waals surface area contributed by atoms with Crippen LogP contribution in [-0.4, -0.2) is 23.5 Å². The molecule has 76 valence electrons. The number of carbonyl (C=O) groups is 2. The average molecular weight is 198 g/mol. The van der Waals surface area contributed by atoms with Gasteiger partial charge in [0.2, 0.25) is 5.76 Å². The Balaban J connectivity index is 3.20. The molecular formula is C8H10N2O4. The molecule has 2 amide bonds. The van der Waals surface area contributed by atoms with Crippen molar-refractivity contribution in [2.24, 2.45) is 11.5 Å². The van der Waals surface area contributed by atoms with E-state index in [1.807, 2.05) is 0 Å². The predicted molar refractivity (Wildman–Crippen MR) is 46.5 cm³/mol. The van der Waals surface area contributed by atoms with Crippen molar-refractivity contribution in [1.29, 1.82) is 0 Å². The first-order valence-electron chi connectivity index (χ1n) is 3.88. The molecule has 0 fully saturated rings. The van der Waals surface area contributed by atoms with Gasteiger partial charge in [-0.1, -0.05) is 0 Å². The summed E-state index contributed by atoms with van der Waals surface area (Å²) in [4.78, 5) is 21.8. The number of aliphatic hydroxyl groups is 1. The van der Waals surface area contributed by atoms with E-state index < -0.39 is 11.8 Å². The minimum Gasteiger partial charge on any atom is -0.458 e. The van der Waals surface area contributed by atoms with Crippen molar-refractivity contribution in [3.8, 4) is 0 Å². The highest BCUT2D eigenvalue weighted by Gasteiger charge is 2.21. The molecule has 1 aromatic heterocycles. The van der Waals surface area contributed by atoms with Gasteiger partial charge in [0.1, 0.15) is 0 Å². The topological polar surface area (TPSA) is 120 Å². The summed E-state index contributed by atoms with van der Waals surface area (Å²) < 4.78 is 4.78. The Morgan fingerprint density at radius 1 is 1.36 bits per heavy atom. The van der Waals surface area contributed by atoms with Gasteiger partial charge in [-0.2, -0.15) is 0 Å². The van der Waals surface area contributed by atoms with Crippen LogP contribution < -0.4 is 11.5 Å². The number of amides is 2. The van der Waals surface area contributed by atoms with Crippen LogP contribution in [0.5, 0.6) is 0 Å². The fraction of sp³-hybridized carbons (Fsp3) is 0.250. The van der Waals surface area contributed by atoms with Crippen LogP contribution in [0.25, 0.3) is 0 Å². The highest BCUT2D eigenvalue weighted by Crippen LogP contribution is 2.16. The normalized spacial score (nSPS) is 10.1. The molecule has 0 saturated heterocycles. The SMILES string of the molecule is NC(=O)c1occ(CCO)c1C(N)=O. The summed E-state index contributed by atoms with van der Waals surface area (Å²) in [6.07, 6.45) is 1.38. The molecule has 1 aromatic rings. The Labute approximate surface area is 79.5 Å². The highest BCUT2D eigenvalue weighted by molar-refractivity contribution is 6.05. The summed E-state index contributed by atoms with van der Waals surface area (Å²) in [6, 6.07) is 0. The van der Waals surface area contributed by atoms with Crippen LogP contribution >= 0.6 is 0 Å². The molecule has 0 aliphatic heterocycles. The van der Waals surface area contributed by atoms with Gasteiger partial charge >= 0.3 is 0 Å². The Bertz CT molecular complexity index is 369. The van der Waals surface area contributed by atoms with Crippen molar-refractivity contribution in [1.82, 2.24) is 0 Å². The van der Waals surface area contributed by atoms with Crippen LogP contribution in [-0.2, 0) is 6.42 Å². The second-order valence-corrected chi connectivity index (χ2v) is 2.67. The van der Waals surface area contributed by atoms with Crippen LogP contribution in [0, 0.1) is 0 Å². The molecular weight excluding hydrogens is 188 g/mol. The third-order valence-corrected chi connectivity index (χ3v) is 1.72. The van der Waals surface area contributed by atoms with Crippen molar-refractivity contribution in [3.05, 3.63) is 23.2 Å². The molecule has 0 radical (unpaired) electrons. The molecule has 6 nitrogen and oxygen atoms in total. The third kappa shape index (κ3) is 1.74. The molecule has 1 heterocycles. The van der Waals surface area contributed by atoms with E-state index in [0.29, 0.717) is 5.56 Å². The zero-order valence-corrected chi connectivity index (χ0v) is 7.32. The van der Waals surface area contributed by atoms with Crippen LogP contribution in [0.2, 0.25) is 0 Å². The largest absolute Gasteiger partial charge is 0.458 e. The first-order chi connectivity index (χ1) is 6.57. The Hall–Kier alpha value is -1.82. The molecule has 0 unspecified atom stereocenters. The second-order valence-electron chi connectivity index (χ2n) is 2.67. The predicted octanol–water partition coefficient (Wildman–Crippen LogP) is -0.988. The van der Waals surface area contributed by atoms with Crippen LogP contribution in [0.3, 0.4) is 0 Å². The molecule has 5 N–H and O–H groups in total. The molecule has 0 atom stereocenters. The maximum atomic E-state index is 11.0. The zero-order chi connectivity index (χ0) is 10.7. The maximum absolute atomic E-state index is 11.0. The lowest BCUT2D eigenvalue weighted by molar-refractivity contribution is 0.0947. The monoisotopic (exact) mass is 198 g/mol. The number of hydrogen-bond donors (Lipinski definition) is 3. The van der Waals surface area contributed by atoms with Crippen LogP contribution in [0.15, 0.2) is 10.7 Å². The average Bonchev–Trinajstić information content (AvgIpc) is 2.48. The summed E-state index contributed by atoms with van der Waals surface area (Å²) in [5, 5.41) is 8.66. The first-order valence-corrected chi connectivity index (χ1v) is 3.88. The van der Waals surface area contributed by atoms with Crippen molar-refractivity contribution in [2.45, 2.75) is 6.42 Å². The first kappa shape index (κ1) is 10.3. The number of nitrogens with two attached hydrogens (primary N) is 2. The minimum absolute atomic E-state index is 0.0495. The van der Waals surface area contributed by atoms with Crippen molar-refractivity contribution in [2.75, 3.05) is 6.61 Å². The number of furan rings is 1. The molecule has 0 aliphatic carbocycles. The smallest absolute Gasteiger partial charge is 0.285 e. The van der Waals surface area contributed by atoms with E-state index in [2.05, 4.69) is 0 Å². The molecule has 0 aromatic carbocycles. The lowest BCUT2D eigenvalue weighted by Crippen LogP contribution is -2.20. The number of carbonyl (C=O) groups excluding carboxylic acids is 2. The number of aliphatic hydroxyl groups excluding tert-OH is 1. The van der Waals surface area contributed by atoms with Gasteiger partial charge < -0.3 is 21.0 Å². The molecule has 0 bridgehead atoms. The summed E-state index contributed by atoms with van der Waals surface area (Å²) in [5.74, 6) is -1.92. The van der Waals surface area contributed by atoms with Gasteiger partial charge in [0, 0.05) is 12.2 Å². The fourth-order valence-electron chi connectivity index (χ4n) is 1.15. The molecule has 0 saturated carbocycles. The summed E-state index contributed by atoms with van der Waals surface area (Å²) >= 11 is 0. The molecule has 0 spiro atoms. The molecule has 6 heteroatoms. The van der Waals surface area contributed by atoms with Gasteiger partial charge in [-0.05, 0) is 6.42 Å². The van der Waals surface area contributed by atoms with Crippen molar-refractivity contribution < 1.29 is 19.1 Å². The van der Waals surface area contributed by atoms with Gasteiger partial charge in [0.15, 0.2) is 0 Å². The van der Waals surface area contributed by atoms with Gasteiger partial charge in [-0.25, -0.2) is 0 Å². The molecule has 14 heavy (non-hydrogen) atoms. The van der Waals surface area contributed by atoms with Gasteiger partial charge in [-0.3, -0.25) is 9.59 Å². The fourth-order valence-corrected chi connectivity index (χ4v) is 1.15. The lowest BCUT2D eigenvalue weighted by atomic mass is 10.1. The second kappa shape index (κ2) is 3.93. The van der Waals surface area contributed by atoms with E-state index in [-0.39, 0.29) is 24.4 Å². The lowest BCUT2D eigenvalue weighted by Gasteiger charge is -1.97. The molecule has 0 aliphatic rings. The Morgan fingerprint density at radius 2 is 2.00 bits per heavy atom. The zero-order valence-electron chi connectivity index (χ0n) is 7.32. The van der Waals surface area contributed by atoms with Crippen LogP contribution in [0.4, 0.5) is 0 Å². The third-order valence-electron chi connectivity index (χ3n) is 1.72. The van der Waals surface area contributed by atoms with E-state index >= 15 is 0 Å². The Kier molecular flexibility index (Phi) is 2.88. The number of hydrogen-bond acceptors (Lipinski definition) is 4. The summed E-state index contributed by atoms with van der Waals surface area (Å²) in [6.45, 7) is -0.169. The minimum atomic E-state index is -0.858. The van der Waals surface area contributed by atoms with E-state index in [1.54, 1.807) is 0 Å². The quantitative estimate of drug-likeness (QED) is 0.575. The number of rotatable bonds is 4. The van der Waals surface area contributed by atoms with E-state index in [9.17, 15) is 9.59 Å². The maximum Gasteiger partial charge on any atom is 0.285 e. The highest BCUT2D eigenvalue weighted by atomic mass is 16.3. The van der Waals surface area contributed by atoms with Crippen molar-refractivity contribution in [3.63, 3.8) is 0 Å². The molecule has 1 rings (SSSR count). The Morgan fingerprint density at radius 3 is 2.43 bits per heavy atom.